The summed E-state index contributed by atoms with van der Waals surface area (Å²) in [5, 5.41) is 1.94. The fourth-order valence-electron chi connectivity index (χ4n) is 4.33. The van der Waals surface area contributed by atoms with Crippen molar-refractivity contribution in [2.45, 2.75) is 12.7 Å². The molecule has 0 fully saturated rings. The number of nitrogens with zero attached hydrogens (tertiary/aromatic N) is 1. The molecule has 36 heavy (non-hydrogen) atoms. The highest BCUT2D eigenvalue weighted by atomic mass is 35.5. The Bertz CT molecular complexity index is 1670. The summed E-state index contributed by atoms with van der Waals surface area (Å²) in [6.07, 6.45) is -4.66. The Balaban J connectivity index is 1.76. The number of benzene rings is 4. The lowest BCUT2D eigenvalue weighted by Gasteiger charge is -2.12. The quantitative estimate of drug-likeness (QED) is 0.236. The van der Waals surface area contributed by atoms with E-state index >= 15 is 0 Å². The van der Waals surface area contributed by atoms with Crippen molar-refractivity contribution >= 4 is 50.9 Å². The molecule has 3 nitrogen and oxygen atoms in total. The van der Waals surface area contributed by atoms with Crippen LogP contribution in [0.15, 0.2) is 66.7 Å². The van der Waals surface area contributed by atoms with Gasteiger partial charge in [0.2, 0.25) is 5.91 Å². The fourth-order valence-corrected chi connectivity index (χ4v) is 4.85. The molecular weight excluding hydrogens is 515 g/mol. The summed E-state index contributed by atoms with van der Waals surface area (Å²) in [6.45, 7) is -0.0994. The molecule has 0 saturated carbocycles. The Kier molecular flexibility index (Phi) is 5.93. The second kappa shape index (κ2) is 8.84. The Morgan fingerprint density at radius 1 is 1.00 bits per heavy atom. The van der Waals surface area contributed by atoms with Crippen LogP contribution < -0.4 is 5.73 Å². The summed E-state index contributed by atoms with van der Waals surface area (Å²) in [5.41, 5.74) is 7.31. The zero-order valence-corrected chi connectivity index (χ0v) is 19.8. The van der Waals surface area contributed by atoms with Crippen molar-refractivity contribution in [3.8, 4) is 11.1 Å². The first kappa shape index (κ1) is 24.2. The molecule has 0 aliphatic rings. The number of hydrogen-bond acceptors (Lipinski definition) is 1. The van der Waals surface area contributed by atoms with Gasteiger partial charge < -0.3 is 10.3 Å². The number of carbonyl (C=O) groups is 1. The highest BCUT2D eigenvalue weighted by Crippen LogP contribution is 2.37. The molecule has 181 valence electrons. The van der Waals surface area contributed by atoms with Crippen molar-refractivity contribution in [2.75, 3.05) is 0 Å². The van der Waals surface area contributed by atoms with Gasteiger partial charge >= 0.3 is 6.18 Å². The first-order chi connectivity index (χ1) is 17.0. The predicted octanol–water partition coefficient (Wildman–Crippen LogP) is 7.87. The van der Waals surface area contributed by atoms with Gasteiger partial charge in [0, 0.05) is 37.5 Å². The molecule has 0 spiro atoms. The monoisotopic (exact) mass is 529 g/mol. The fraction of sp³-hybridized carbons (Fsp3) is 0.0741. The zero-order valence-electron chi connectivity index (χ0n) is 18.3. The van der Waals surface area contributed by atoms with Crippen molar-refractivity contribution in [1.82, 2.24) is 4.57 Å². The van der Waals surface area contributed by atoms with Crippen molar-refractivity contribution in [3.63, 3.8) is 0 Å². The maximum Gasteiger partial charge on any atom is 0.416 e. The van der Waals surface area contributed by atoms with Crippen LogP contribution in [-0.4, -0.2) is 10.5 Å². The van der Waals surface area contributed by atoms with E-state index < -0.39 is 23.5 Å². The largest absolute Gasteiger partial charge is 0.416 e. The van der Waals surface area contributed by atoms with Crippen LogP contribution in [0.2, 0.25) is 10.0 Å². The number of amides is 1. The van der Waals surface area contributed by atoms with Crippen molar-refractivity contribution in [2.24, 2.45) is 5.73 Å². The van der Waals surface area contributed by atoms with Crippen molar-refractivity contribution in [1.29, 1.82) is 0 Å². The van der Waals surface area contributed by atoms with Crippen LogP contribution in [0, 0.1) is 11.9 Å². The van der Waals surface area contributed by atoms with E-state index in [0.717, 1.165) is 12.1 Å². The highest BCUT2D eigenvalue weighted by Gasteiger charge is 2.31. The van der Waals surface area contributed by atoms with Crippen molar-refractivity contribution < 1.29 is 22.4 Å². The molecule has 1 amide bonds. The van der Waals surface area contributed by atoms with Crippen LogP contribution in [0.25, 0.3) is 32.9 Å². The number of nitrogens with two attached hydrogens (primary N) is 1. The Morgan fingerprint density at radius 2 is 1.78 bits per heavy atom. The predicted molar refractivity (Wildman–Crippen MR) is 133 cm³/mol. The summed E-state index contributed by atoms with van der Waals surface area (Å²) in [7, 11) is 0. The molecule has 1 heterocycles. The number of hydrogen-bond donors (Lipinski definition) is 1. The molecule has 5 aromatic rings. The highest BCUT2D eigenvalue weighted by molar-refractivity contribution is 6.36. The molecule has 2 N–H and O–H groups in total. The lowest BCUT2D eigenvalue weighted by atomic mass is 10.0. The summed E-state index contributed by atoms with van der Waals surface area (Å²) >= 11 is 12.4. The maximum atomic E-state index is 14.8. The van der Waals surface area contributed by atoms with Crippen LogP contribution >= 0.6 is 23.2 Å². The molecule has 5 rings (SSSR count). The number of aromatic nitrogens is 1. The number of halogens is 6. The average molecular weight is 530 g/mol. The van der Waals surface area contributed by atoms with Gasteiger partial charge in [0.1, 0.15) is 5.82 Å². The van der Waals surface area contributed by atoms with E-state index in [9.17, 15) is 22.4 Å². The van der Waals surface area contributed by atoms with Gasteiger partial charge in [-0.1, -0.05) is 41.4 Å². The van der Waals surface area contributed by atoms with E-state index in [1.807, 2.05) is 0 Å². The van der Waals surface area contributed by atoms with Gasteiger partial charge in [-0.15, -0.1) is 0 Å². The second-order valence-electron chi connectivity index (χ2n) is 8.23. The third-order valence-electron chi connectivity index (χ3n) is 6.01. The lowest BCUT2D eigenvalue weighted by molar-refractivity contribution is -0.137. The lowest BCUT2D eigenvalue weighted by Crippen LogP contribution is -2.11. The zero-order chi connectivity index (χ0) is 25.8. The summed E-state index contributed by atoms with van der Waals surface area (Å²) in [5.74, 6) is -1.65. The number of primary amides is 1. The number of carbonyl (C=O) groups excluding carboxylic acids is 1. The standard InChI is InChI=1S/C27H15Cl2F4N2O/c28-17-7-9-18(21(29)12-17)14-5-8-19-24(10-14)35(23-3-1-2-20(25(19)23)26(34)36)13-15-4-6-16(11-22(15)30)27(31,32)33/h1-7,9-12H,13H2,(H2,34,36). The van der Waals surface area contributed by atoms with E-state index in [1.165, 1.54) is 0 Å². The van der Waals surface area contributed by atoms with Gasteiger partial charge in [-0.05, 0) is 60.2 Å². The minimum absolute atomic E-state index is 0.0428. The van der Waals surface area contributed by atoms with Crippen LogP contribution in [0.1, 0.15) is 21.5 Å². The normalized spacial score (nSPS) is 11.9. The summed E-state index contributed by atoms with van der Waals surface area (Å²) < 4.78 is 55.6. The molecule has 0 bridgehead atoms. The Hall–Kier alpha value is -3.55. The topological polar surface area (TPSA) is 48.0 Å². The molecule has 1 aromatic heterocycles. The van der Waals surface area contributed by atoms with Gasteiger partial charge in [0.05, 0.1) is 23.1 Å². The third kappa shape index (κ3) is 4.18. The molecule has 4 aromatic carbocycles. The maximum absolute atomic E-state index is 14.8. The van der Waals surface area contributed by atoms with E-state index in [-0.39, 0.29) is 17.7 Å². The molecule has 0 aliphatic heterocycles. The second-order valence-corrected chi connectivity index (χ2v) is 9.07. The molecule has 0 atom stereocenters. The van der Waals surface area contributed by atoms with E-state index in [1.54, 1.807) is 53.1 Å². The SMILES string of the molecule is NC(=O)c1cccc2c1c1[c]cc(-c3ccc(Cl)cc3Cl)cc1n2Cc1ccc(C(F)(F)F)cc1F. The number of alkyl halides is 3. The minimum Gasteiger partial charge on any atom is -0.366 e. The van der Waals surface area contributed by atoms with Gasteiger partial charge in [-0.25, -0.2) is 4.39 Å². The number of rotatable bonds is 4. The first-order valence-corrected chi connectivity index (χ1v) is 11.4. The molecule has 0 aliphatic carbocycles. The van der Waals surface area contributed by atoms with Crippen LogP contribution in [0.4, 0.5) is 17.6 Å². The summed E-state index contributed by atoms with van der Waals surface area (Å²) in [6, 6.07) is 19.1. The van der Waals surface area contributed by atoms with Gasteiger partial charge in [-0.2, -0.15) is 13.2 Å². The molecule has 1 radical (unpaired) electrons. The average Bonchev–Trinajstić information content (AvgIpc) is 3.12. The first-order valence-electron chi connectivity index (χ1n) is 10.6. The number of fused-ring (bicyclic) bond motifs is 3. The molecule has 9 heteroatoms. The Labute approximate surface area is 212 Å². The molecular formula is C27H15Cl2F4N2O. The summed E-state index contributed by atoms with van der Waals surface area (Å²) in [4.78, 5) is 12.2. The van der Waals surface area contributed by atoms with E-state index in [0.29, 0.717) is 49.0 Å². The van der Waals surface area contributed by atoms with Gasteiger partial charge in [-0.3, -0.25) is 4.79 Å². The van der Waals surface area contributed by atoms with Gasteiger partial charge in [0.25, 0.3) is 0 Å². The molecule has 0 saturated heterocycles. The third-order valence-corrected chi connectivity index (χ3v) is 6.56. The van der Waals surface area contributed by atoms with E-state index in [2.05, 4.69) is 6.07 Å². The smallest absolute Gasteiger partial charge is 0.366 e. The molecule has 0 unspecified atom stereocenters. The minimum atomic E-state index is -4.66. The van der Waals surface area contributed by atoms with Crippen LogP contribution in [0.5, 0.6) is 0 Å². The van der Waals surface area contributed by atoms with E-state index in [4.69, 9.17) is 28.9 Å². The van der Waals surface area contributed by atoms with Gasteiger partial charge in [0.15, 0.2) is 0 Å². The Morgan fingerprint density at radius 3 is 2.44 bits per heavy atom. The van der Waals surface area contributed by atoms with Crippen LogP contribution in [0.3, 0.4) is 0 Å². The van der Waals surface area contributed by atoms with Crippen LogP contribution in [-0.2, 0) is 12.7 Å². The van der Waals surface area contributed by atoms with Crippen molar-refractivity contribution in [3.05, 3.63) is 105 Å².